The Labute approximate surface area is 373 Å². The molecule has 0 aliphatic rings. The van der Waals surface area contributed by atoms with Crippen molar-refractivity contribution in [1.29, 1.82) is 0 Å². The van der Waals surface area contributed by atoms with Crippen LogP contribution in [0.1, 0.15) is 188 Å². The zero-order valence-electron chi connectivity index (χ0n) is 38.9. The fourth-order valence-corrected chi connectivity index (χ4v) is 5.96. The molecule has 1 unspecified atom stereocenters. The topological polar surface area (TPSA) is 78.9 Å². The molecule has 0 rings (SSSR count). The van der Waals surface area contributed by atoms with Crippen molar-refractivity contribution in [3.63, 3.8) is 0 Å². The van der Waals surface area contributed by atoms with Crippen LogP contribution in [0.2, 0.25) is 0 Å². The van der Waals surface area contributed by atoms with Crippen LogP contribution in [0.15, 0.2) is 122 Å². The molecule has 6 heteroatoms. The molecule has 0 bridgehead atoms. The van der Waals surface area contributed by atoms with E-state index in [1.807, 2.05) is 6.08 Å². The van der Waals surface area contributed by atoms with Crippen molar-refractivity contribution in [1.82, 2.24) is 0 Å². The molecule has 61 heavy (non-hydrogen) atoms. The van der Waals surface area contributed by atoms with Gasteiger partial charge in [-0.2, -0.15) is 0 Å². The molecular formula is C55H86O6. The molecule has 0 aromatic rings. The van der Waals surface area contributed by atoms with Gasteiger partial charge in [0.1, 0.15) is 13.2 Å². The lowest BCUT2D eigenvalue weighted by Crippen LogP contribution is -2.30. The van der Waals surface area contributed by atoms with Crippen molar-refractivity contribution in [3.8, 4) is 0 Å². The van der Waals surface area contributed by atoms with Crippen LogP contribution in [0, 0.1) is 0 Å². The quantitative estimate of drug-likeness (QED) is 0.0201. The van der Waals surface area contributed by atoms with Gasteiger partial charge in [0, 0.05) is 12.8 Å². The molecular weight excluding hydrogens is 757 g/mol. The SMILES string of the molecule is CC/C=C\C/C=C\C/C=C\C/C=C\CCCCCC(=O)OC(COC(=O)C/C=C\C/C=C\C/C=C\CC)COC(=O)CCCCCCC\C=C/C=C\C=C/CCCCCCC. The molecule has 0 aliphatic heterocycles. The highest BCUT2D eigenvalue weighted by Crippen LogP contribution is 2.11. The second kappa shape index (κ2) is 48.5. The molecule has 6 nitrogen and oxygen atoms in total. The van der Waals surface area contributed by atoms with Crippen LogP contribution in [0.3, 0.4) is 0 Å². The maximum Gasteiger partial charge on any atom is 0.309 e. The largest absolute Gasteiger partial charge is 0.462 e. The highest BCUT2D eigenvalue weighted by molar-refractivity contribution is 5.72. The van der Waals surface area contributed by atoms with Gasteiger partial charge < -0.3 is 14.2 Å². The van der Waals surface area contributed by atoms with Crippen molar-refractivity contribution < 1.29 is 28.6 Å². The summed E-state index contributed by atoms with van der Waals surface area (Å²) in [6, 6.07) is 0. The van der Waals surface area contributed by atoms with E-state index in [9.17, 15) is 14.4 Å². The first-order valence-electron chi connectivity index (χ1n) is 24.1. The predicted molar refractivity (Wildman–Crippen MR) is 260 cm³/mol. The van der Waals surface area contributed by atoms with E-state index < -0.39 is 12.1 Å². The Kier molecular flexibility index (Phi) is 45.1. The van der Waals surface area contributed by atoms with Crippen molar-refractivity contribution in [2.24, 2.45) is 0 Å². The summed E-state index contributed by atoms with van der Waals surface area (Å²) in [5, 5.41) is 0. The summed E-state index contributed by atoms with van der Waals surface area (Å²) in [6.07, 6.45) is 66.4. The summed E-state index contributed by atoms with van der Waals surface area (Å²) < 4.78 is 16.6. The number of ether oxygens (including phenoxy) is 3. The van der Waals surface area contributed by atoms with Gasteiger partial charge in [0.25, 0.3) is 0 Å². The fraction of sp³-hybridized carbons (Fsp3) is 0.582. The second-order valence-electron chi connectivity index (χ2n) is 15.3. The molecule has 0 saturated heterocycles. The van der Waals surface area contributed by atoms with E-state index in [0.29, 0.717) is 12.8 Å². The number of hydrogen-bond acceptors (Lipinski definition) is 6. The van der Waals surface area contributed by atoms with E-state index in [4.69, 9.17) is 14.2 Å². The minimum atomic E-state index is -0.841. The summed E-state index contributed by atoms with van der Waals surface area (Å²) in [4.78, 5) is 37.7. The van der Waals surface area contributed by atoms with Gasteiger partial charge in [-0.25, -0.2) is 0 Å². The van der Waals surface area contributed by atoms with Gasteiger partial charge in [-0.05, 0) is 96.3 Å². The maximum absolute atomic E-state index is 12.7. The Bertz CT molecular complexity index is 1340. The van der Waals surface area contributed by atoms with Gasteiger partial charge >= 0.3 is 17.9 Å². The van der Waals surface area contributed by atoms with Crippen molar-refractivity contribution in [3.05, 3.63) is 122 Å². The van der Waals surface area contributed by atoms with Crippen LogP contribution in [0.5, 0.6) is 0 Å². The molecule has 342 valence electrons. The zero-order valence-corrected chi connectivity index (χ0v) is 38.9. The van der Waals surface area contributed by atoms with E-state index in [0.717, 1.165) is 109 Å². The maximum atomic E-state index is 12.7. The molecule has 0 aliphatic carbocycles. The minimum absolute atomic E-state index is 0.119. The molecule has 0 spiro atoms. The number of unbranched alkanes of at least 4 members (excludes halogenated alkanes) is 13. The number of allylic oxidation sites excluding steroid dienone is 19. The Morgan fingerprint density at radius 1 is 0.377 bits per heavy atom. The number of esters is 3. The van der Waals surface area contributed by atoms with Gasteiger partial charge in [-0.3, -0.25) is 14.4 Å². The molecule has 0 aromatic carbocycles. The highest BCUT2D eigenvalue weighted by Gasteiger charge is 2.19. The number of carbonyl (C=O) groups is 3. The minimum Gasteiger partial charge on any atom is -0.462 e. The third kappa shape index (κ3) is 46.7. The summed E-state index contributed by atoms with van der Waals surface area (Å²) in [6.45, 7) is 6.22. The fourth-order valence-electron chi connectivity index (χ4n) is 5.96. The van der Waals surface area contributed by atoms with Crippen LogP contribution < -0.4 is 0 Å². The molecule has 1 atom stereocenters. The lowest BCUT2D eigenvalue weighted by atomic mass is 10.1. The van der Waals surface area contributed by atoms with Gasteiger partial charge in [-0.15, -0.1) is 0 Å². The van der Waals surface area contributed by atoms with Crippen LogP contribution in [-0.4, -0.2) is 37.2 Å². The van der Waals surface area contributed by atoms with E-state index in [2.05, 4.69) is 130 Å². The second-order valence-corrected chi connectivity index (χ2v) is 15.3. The van der Waals surface area contributed by atoms with Crippen molar-refractivity contribution in [2.75, 3.05) is 13.2 Å². The normalized spacial score (nSPS) is 13.2. The van der Waals surface area contributed by atoms with Crippen LogP contribution >= 0.6 is 0 Å². The lowest BCUT2D eigenvalue weighted by molar-refractivity contribution is -0.166. The van der Waals surface area contributed by atoms with Crippen LogP contribution in [-0.2, 0) is 28.6 Å². The zero-order chi connectivity index (χ0) is 44.4. The average molecular weight is 843 g/mol. The van der Waals surface area contributed by atoms with Crippen LogP contribution in [0.4, 0.5) is 0 Å². The first-order chi connectivity index (χ1) is 30.0. The van der Waals surface area contributed by atoms with Gasteiger partial charge in [-0.1, -0.05) is 194 Å². The Balaban J connectivity index is 4.52. The molecule has 0 amide bonds. The molecule has 0 saturated carbocycles. The lowest BCUT2D eigenvalue weighted by Gasteiger charge is -2.18. The molecule has 0 heterocycles. The predicted octanol–water partition coefficient (Wildman–Crippen LogP) is 15.7. The van der Waals surface area contributed by atoms with E-state index in [-0.39, 0.29) is 38.0 Å². The number of rotatable bonds is 41. The standard InChI is InChI=1S/C55H86O6/c1-4-7-10-13-16-19-21-23-25-27-28-30-31-33-36-39-42-45-48-54(57)60-51-52(50-59-53(56)47-44-41-38-35-18-15-12-9-6-3)61-55(58)49-46-43-40-37-34-32-29-26-24-22-20-17-14-11-8-5-2/h8-9,11-12,17-18,20-21,23-28,30,32,34-35,41,44,52H,4-7,10,13-16,19,22,29,31,33,36-40,42-43,45-51H2,1-3H3/b11-8-,12-9-,20-17-,23-21-,26-24-,27-25-,30-28-,34-32-,35-18-,44-41-. The molecule has 0 N–H and O–H groups in total. The van der Waals surface area contributed by atoms with Crippen LogP contribution in [0.25, 0.3) is 0 Å². The average Bonchev–Trinajstić information content (AvgIpc) is 3.26. The number of carbonyl (C=O) groups excluding carboxylic acids is 3. The van der Waals surface area contributed by atoms with Crippen molar-refractivity contribution >= 4 is 17.9 Å². The van der Waals surface area contributed by atoms with Gasteiger partial charge in [0.15, 0.2) is 6.10 Å². The summed E-state index contributed by atoms with van der Waals surface area (Å²) in [5.74, 6) is -1.12. The third-order valence-electron chi connectivity index (χ3n) is 9.53. The highest BCUT2D eigenvalue weighted by atomic mass is 16.6. The van der Waals surface area contributed by atoms with E-state index >= 15 is 0 Å². The molecule has 0 radical (unpaired) electrons. The van der Waals surface area contributed by atoms with Gasteiger partial charge in [0.2, 0.25) is 0 Å². The third-order valence-corrected chi connectivity index (χ3v) is 9.53. The van der Waals surface area contributed by atoms with E-state index in [1.165, 1.54) is 32.1 Å². The smallest absolute Gasteiger partial charge is 0.309 e. The number of hydrogen-bond donors (Lipinski definition) is 0. The van der Waals surface area contributed by atoms with Crippen molar-refractivity contribution in [2.45, 2.75) is 194 Å². The first kappa shape index (κ1) is 56.8. The Morgan fingerprint density at radius 2 is 0.770 bits per heavy atom. The Hall–Kier alpha value is -4.19. The monoisotopic (exact) mass is 843 g/mol. The summed E-state index contributed by atoms with van der Waals surface area (Å²) >= 11 is 0. The summed E-state index contributed by atoms with van der Waals surface area (Å²) in [5.41, 5.74) is 0. The first-order valence-corrected chi connectivity index (χ1v) is 24.1. The summed E-state index contributed by atoms with van der Waals surface area (Å²) in [7, 11) is 0. The Morgan fingerprint density at radius 3 is 1.30 bits per heavy atom. The molecule has 0 aromatic heterocycles. The van der Waals surface area contributed by atoms with Gasteiger partial charge in [0.05, 0.1) is 6.42 Å². The van der Waals surface area contributed by atoms with E-state index in [1.54, 1.807) is 6.08 Å². The molecule has 0 fully saturated rings.